The van der Waals surface area contributed by atoms with E-state index in [2.05, 4.69) is 5.32 Å². The van der Waals surface area contributed by atoms with Gasteiger partial charge in [0.15, 0.2) is 0 Å². The summed E-state index contributed by atoms with van der Waals surface area (Å²) in [6, 6.07) is 15.4. The number of carbonyl (C=O) groups excluding carboxylic acids is 1. The first kappa shape index (κ1) is 17.6. The molecule has 0 radical (unpaired) electrons. The molecule has 1 aromatic heterocycles. The molecule has 1 heterocycles. The molecule has 6 nitrogen and oxygen atoms in total. The van der Waals surface area contributed by atoms with Gasteiger partial charge in [-0.05, 0) is 35.9 Å². The number of nitrogens with one attached hydrogen (secondary N) is 1. The molecule has 0 fully saturated rings. The van der Waals surface area contributed by atoms with Gasteiger partial charge in [0.25, 0.3) is 5.91 Å². The third-order valence-corrected chi connectivity index (χ3v) is 4.44. The van der Waals surface area contributed by atoms with Crippen LogP contribution in [0.2, 0.25) is 0 Å². The number of hydrogen-bond acceptors (Lipinski definition) is 5. The van der Waals surface area contributed by atoms with Crippen LogP contribution in [0.1, 0.15) is 15.2 Å². The monoisotopic (exact) mass is 372 g/mol. The van der Waals surface area contributed by atoms with Gasteiger partial charge in [0.2, 0.25) is 0 Å². The predicted octanol–water partition coefficient (Wildman–Crippen LogP) is 4.63. The summed E-state index contributed by atoms with van der Waals surface area (Å²) in [5, 5.41) is 13.3. The Balaban J connectivity index is 1.63. The van der Waals surface area contributed by atoms with Crippen LogP contribution in [-0.4, -0.2) is 10.8 Å². The van der Waals surface area contributed by atoms with Gasteiger partial charge in [0.1, 0.15) is 18.2 Å². The Morgan fingerprint density at radius 2 is 1.92 bits per heavy atom. The zero-order valence-electron chi connectivity index (χ0n) is 13.3. The maximum Gasteiger partial charge on any atom is 0.324 e. The number of nitro groups is 1. The average Bonchev–Trinajstić information content (AvgIpc) is 3.12. The molecule has 0 aliphatic rings. The number of carbonyl (C=O) groups is 1. The number of nitrogens with zero attached hydrogens (tertiary/aromatic N) is 1. The molecule has 0 atom stereocenters. The zero-order valence-corrected chi connectivity index (χ0v) is 14.2. The van der Waals surface area contributed by atoms with Crippen molar-refractivity contribution in [1.29, 1.82) is 0 Å². The number of rotatable bonds is 6. The van der Waals surface area contributed by atoms with Crippen LogP contribution in [-0.2, 0) is 6.61 Å². The van der Waals surface area contributed by atoms with Crippen LogP contribution >= 0.6 is 11.3 Å². The van der Waals surface area contributed by atoms with Crippen molar-refractivity contribution in [2.75, 3.05) is 5.32 Å². The quantitative estimate of drug-likeness (QED) is 0.505. The lowest BCUT2D eigenvalue weighted by Gasteiger charge is -2.09. The van der Waals surface area contributed by atoms with Gasteiger partial charge < -0.3 is 10.1 Å². The molecule has 1 amide bonds. The Bertz CT molecular complexity index is 940. The van der Waals surface area contributed by atoms with Gasteiger partial charge in [0.05, 0.1) is 9.80 Å². The number of hydrogen-bond donors (Lipinski definition) is 1. The van der Waals surface area contributed by atoms with Crippen molar-refractivity contribution < 1.29 is 18.8 Å². The Kier molecular flexibility index (Phi) is 5.23. The molecule has 0 saturated carbocycles. The highest BCUT2D eigenvalue weighted by molar-refractivity contribution is 7.17. The Morgan fingerprint density at radius 3 is 2.62 bits per heavy atom. The van der Waals surface area contributed by atoms with Crippen molar-refractivity contribution in [2.24, 2.45) is 0 Å². The van der Waals surface area contributed by atoms with Crippen molar-refractivity contribution in [2.45, 2.75) is 6.61 Å². The van der Waals surface area contributed by atoms with Crippen molar-refractivity contribution in [3.63, 3.8) is 0 Å². The van der Waals surface area contributed by atoms with Crippen molar-refractivity contribution in [3.05, 3.63) is 87.0 Å². The SMILES string of the molecule is O=C(Nc1cccc(OCc2ccc(F)cc2)c1)c1ccc([N+](=O)[O-])s1. The summed E-state index contributed by atoms with van der Waals surface area (Å²) in [5.74, 6) is -0.213. The minimum Gasteiger partial charge on any atom is -0.489 e. The first-order valence-electron chi connectivity index (χ1n) is 7.54. The second-order valence-electron chi connectivity index (χ2n) is 5.29. The lowest BCUT2D eigenvalue weighted by atomic mass is 10.2. The molecule has 1 N–H and O–H groups in total. The normalized spacial score (nSPS) is 10.3. The highest BCUT2D eigenvalue weighted by atomic mass is 32.1. The minimum absolute atomic E-state index is 0.0912. The van der Waals surface area contributed by atoms with E-state index in [1.165, 1.54) is 24.3 Å². The molecule has 26 heavy (non-hydrogen) atoms. The molecule has 0 bridgehead atoms. The maximum atomic E-state index is 12.9. The standard InChI is InChI=1S/C18H13FN2O4S/c19-13-6-4-12(5-7-13)11-25-15-3-1-2-14(10-15)20-18(22)16-8-9-17(26-16)21(23)24/h1-10H,11H2,(H,20,22). The number of ether oxygens (including phenoxy) is 1. The molecule has 0 aliphatic carbocycles. The number of anilines is 1. The fourth-order valence-electron chi connectivity index (χ4n) is 2.15. The third-order valence-electron chi connectivity index (χ3n) is 3.41. The second kappa shape index (κ2) is 7.75. The minimum atomic E-state index is -0.536. The van der Waals surface area contributed by atoms with E-state index < -0.39 is 10.8 Å². The maximum absolute atomic E-state index is 12.9. The largest absolute Gasteiger partial charge is 0.489 e. The number of thiophene rings is 1. The Labute approximate surface area is 152 Å². The first-order valence-corrected chi connectivity index (χ1v) is 8.36. The van der Waals surface area contributed by atoms with Crippen molar-refractivity contribution in [1.82, 2.24) is 0 Å². The third kappa shape index (κ3) is 4.42. The van der Waals surface area contributed by atoms with Crippen LogP contribution in [0.15, 0.2) is 60.7 Å². The summed E-state index contributed by atoms with van der Waals surface area (Å²) in [6.07, 6.45) is 0. The number of benzene rings is 2. The van der Waals surface area contributed by atoms with Crippen LogP contribution in [0.3, 0.4) is 0 Å². The van der Waals surface area contributed by atoms with Crippen LogP contribution in [0.4, 0.5) is 15.1 Å². The van der Waals surface area contributed by atoms with E-state index >= 15 is 0 Å². The Morgan fingerprint density at radius 1 is 1.15 bits per heavy atom. The van der Waals surface area contributed by atoms with Crippen LogP contribution < -0.4 is 10.1 Å². The lowest BCUT2D eigenvalue weighted by Crippen LogP contribution is -2.10. The van der Waals surface area contributed by atoms with E-state index in [-0.39, 0.29) is 22.3 Å². The van der Waals surface area contributed by atoms with Gasteiger partial charge in [-0.3, -0.25) is 14.9 Å². The van der Waals surface area contributed by atoms with Gasteiger partial charge >= 0.3 is 5.00 Å². The summed E-state index contributed by atoms with van der Waals surface area (Å²) in [7, 11) is 0. The van der Waals surface area contributed by atoms with Gasteiger partial charge in [-0.25, -0.2) is 4.39 Å². The van der Waals surface area contributed by atoms with Gasteiger partial charge in [-0.15, -0.1) is 0 Å². The first-order chi connectivity index (χ1) is 12.5. The average molecular weight is 372 g/mol. The summed E-state index contributed by atoms with van der Waals surface area (Å²) < 4.78 is 18.5. The molecule has 0 saturated heterocycles. The Hall–Kier alpha value is -3.26. The van der Waals surface area contributed by atoms with Crippen LogP contribution in [0.5, 0.6) is 5.75 Å². The van der Waals surface area contributed by atoms with Crippen molar-refractivity contribution >= 4 is 27.9 Å². The fraction of sp³-hybridized carbons (Fsp3) is 0.0556. The van der Waals surface area contributed by atoms with E-state index in [1.54, 1.807) is 36.4 Å². The molecular weight excluding hydrogens is 359 g/mol. The second-order valence-corrected chi connectivity index (χ2v) is 6.35. The summed E-state index contributed by atoms with van der Waals surface area (Å²) in [4.78, 5) is 22.6. The van der Waals surface area contributed by atoms with Gasteiger partial charge in [-0.1, -0.05) is 29.5 Å². The van der Waals surface area contributed by atoms with Crippen LogP contribution in [0, 0.1) is 15.9 Å². The summed E-state index contributed by atoms with van der Waals surface area (Å²) in [5.41, 5.74) is 1.31. The van der Waals surface area contributed by atoms with E-state index in [0.717, 1.165) is 16.9 Å². The predicted molar refractivity (Wildman–Crippen MR) is 96.1 cm³/mol. The molecular formula is C18H13FN2O4S. The van der Waals surface area contributed by atoms with Gasteiger partial charge in [-0.2, -0.15) is 0 Å². The van der Waals surface area contributed by atoms with Gasteiger partial charge in [0, 0.05) is 17.8 Å². The van der Waals surface area contributed by atoms with E-state index in [0.29, 0.717) is 11.4 Å². The molecule has 3 rings (SSSR count). The van der Waals surface area contributed by atoms with E-state index in [1.807, 2.05) is 0 Å². The highest BCUT2D eigenvalue weighted by Gasteiger charge is 2.15. The highest BCUT2D eigenvalue weighted by Crippen LogP contribution is 2.25. The summed E-state index contributed by atoms with van der Waals surface area (Å²) >= 11 is 0.808. The zero-order chi connectivity index (χ0) is 18.5. The van der Waals surface area contributed by atoms with Crippen molar-refractivity contribution in [3.8, 4) is 5.75 Å². The molecule has 0 aliphatic heterocycles. The van der Waals surface area contributed by atoms with Crippen LogP contribution in [0.25, 0.3) is 0 Å². The lowest BCUT2D eigenvalue weighted by molar-refractivity contribution is -0.380. The molecule has 8 heteroatoms. The molecule has 132 valence electrons. The molecule has 0 unspecified atom stereocenters. The van der Waals surface area contributed by atoms with E-state index in [9.17, 15) is 19.3 Å². The number of amides is 1. The smallest absolute Gasteiger partial charge is 0.324 e. The summed E-state index contributed by atoms with van der Waals surface area (Å²) in [6.45, 7) is 0.259. The number of halogens is 1. The molecule has 0 spiro atoms. The fourth-order valence-corrected chi connectivity index (χ4v) is 2.87. The topological polar surface area (TPSA) is 81.5 Å². The molecule has 3 aromatic rings. The van der Waals surface area contributed by atoms with E-state index in [4.69, 9.17) is 4.74 Å². The molecule has 2 aromatic carbocycles.